The van der Waals surface area contributed by atoms with Gasteiger partial charge in [0.25, 0.3) is 0 Å². The molecule has 0 radical (unpaired) electrons. The molecule has 0 aliphatic carbocycles. The summed E-state index contributed by atoms with van der Waals surface area (Å²) in [6.07, 6.45) is 0. The maximum Gasteiger partial charge on any atom is 0.135 e. The Morgan fingerprint density at radius 1 is 0.714 bits per heavy atom. The smallest absolute Gasteiger partial charge is 0.135 e. The molecule has 0 aliphatic heterocycles. The highest BCUT2D eigenvalue weighted by atomic mass is 16.5. The number of hydrogen-bond acceptors (Lipinski definition) is 2. The number of ether oxygens (including phenoxy) is 1. The fourth-order valence-electron chi connectivity index (χ4n) is 2.69. The summed E-state index contributed by atoms with van der Waals surface area (Å²) >= 11 is 0. The summed E-state index contributed by atoms with van der Waals surface area (Å²) in [7, 11) is 1.68. The van der Waals surface area contributed by atoms with Crippen LogP contribution < -0.4 is 4.74 Å². The van der Waals surface area contributed by atoms with Crippen LogP contribution in [0.4, 0.5) is 0 Å². The first-order valence-electron chi connectivity index (χ1n) is 6.91. The number of fused-ring (bicyclic) bond motifs is 3. The predicted octanol–water partition coefficient (Wildman–Crippen LogP) is 5.26. The molecule has 2 nitrogen and oxygen atoms in total. The Bertz CT molecular complexity index is 917. The van der Waals surface area contributed by atoms with Gasteiger partial charge < -0.3 is 9.15 Å². The van der Waals surface area contributed by atoms with Gasteiger partial charge in [-0.05, 0) is 41.5 Å². The van der Waals surface area contributed by atoms with E-state index in [9.17, 15) is 0 Å². The van der Waals surface area contributed by atoms with Crippen molar-refractivity contribution in [2.24, 2.45) is 0 Å². The van der Waals surface area contributed by atoms with Gasteiger partial charge in [0.2, 0.25) is 0 Å². The van der Waals surface area contributed by atoms with E-state index >= 15 is 0 Å². The highest BCUT2D eigenvalue weighted by Crippen LogP contribution is 2.32. The van der Waals surface area contributed by atoms with Crippen molar-refractivity contribution in [3.8, 4) is 16.9 Å². The van der Waals surface area contributed by atoms with Crippen LogP contribution in [-0.4, -0.2) is 7.11 Å². The Morgan fingerprint density at radius 3 is 2.24 bits per heavy atom. The van der Waals surface area contributed by atoms with Gasteiger partial charge in [-0.3, -0.25) is 0 Å². The molecule has 0 bridgehead atoms. The van der Waals surface area contributed by atoms with Crippen LogP contribution >= 0.6 is 0 Å². The normalized spacial score (nSPS) is 11.1. The lowest BCUT2D eigenvalue weighted by atomic mass is 10.0. The number of furan rings is 1. The minimum atomic E-state index is 0.869. The number of benzene rings is 3. The largest absolute Gasteiger partial charge is 0.497 e. The number of rotatable bonds is 2. The molecule has 0 saturated carbocycles. The molecule has 1 heterocycles. The topological polar surface area (TPSA) is 22.4 Å². The molecule has 2 heteroatoms. The second-order valence-electron chi connectivity index (χ2n) is 5.04. The molecule has 0 unspecified atom stereocenters. The minimum Gasteiger partial charge on any atom is -0.497 e. The Balaban J connectivity index is 1.90. The van der Waals surface area contributed by atoms with Crippen LogP contribution in [0.1, 0.15) is 0 Å². The highest BCUT2D eigenvalue weighted by Gasteiger charge is 2.07. The van der Waals surface area contributed by atoms with Gasteiger partial charge in [0.05, 0.1) is 7.11 Å². The van der Waals surface area contributed by atoms with Gasteiger partial charge in [-0.1, -0.05) is 36.4 Å². The van der Waals surface area contributed by atoms with Crippen LogP contribution in [0.5, 0.6) is 5.75 Å². The first-order valence-corrected chi connectivity index (χ1v) is 6.91. The third-order valence-corrected chi connectivity index (χ3v) is 3.80. The Kier molecular flexibility index (Phi) is 2.68. The van der Waals surface area contributed by atoms with E-state index in [-0.39, 0.29) is 0 Å². The van der Waals surface area contributed by atoms with E-state index < -0.39 is 0 Å². The fourth-order valence-corrected chi connectivity index (χ4v) is 2.69. The van der Waals surface area contributed by atoms with Gasteiger partial charge >= 0.3 is 0 Å². The summed E-state index contributed by atoms with van der Waals surface area (Å²) in [5.74, 6) is 0.869. The first kappa shape index (κ1) is 12.0. The summed E-state index contributed by atoms with van der Waals surface area (Å²) in [6.45, 7) is 0. The first-order chi connectivity index (χ1) is 10.3. The minimum absolute atomic E-state index is 0.869. The molecule has 0 spiro atoms. The van der Waals surface area contributed by atoms with Crippen LogP contribution in [0.25, 0.3) is 33.1 Å². The monoisotopic (exact) mass is 274 g/mol. The van der Waals surface area contributed by atoms with Crippen molar-refractivity contribution in [3.63, 3.8) is 0 Å². The van der Waals surface area contributed by atoms with Crippen molar-refractivity contribution in [2.75, 3.05) is 7.11 Å². The summed E-state index contributed by atoms with van der Waals surface area (Å²) in [6, 6.07) is 22.5. The van der Waals surface area contributed by atoms with Gasteiger partial charge in [0.1, 0.15) is 16.9 Å². The lowest BCUT2D eigenvalue weighted by molar-refractivity contribution is 0.415. The molecule has 0 N–H and O–H groups in total. The van der Waals surface area contributed by atoms with Crippen molar-refractivity contribution in [1.82, 2.24) is 0 Å². The average molecular weight is 274 g/mol. The van der Waals surface area contributed by atoms with E-state index in [0.717, 1.165) is 27.7 Å². The van der Waals surface area contributed by atoms with Crippen molar-refractivity contribution >= 4 is 21.9 Å². The molecule has 0 amide bonds. The van der Waals surface area contributed by atoms with Gasteiger partial charge in [-0.2, -0.15) is 0 Å². The number of methoxy groups -OCH3 is 1. The van der Waals surface area contributed by atoms with E-state index in [1.54, 1.807) is 7.11 Å². The zero-order valence-corrected chi connectivity index (χ0v) is 11.7. The van der Waals surface area contributed by atoms with Crippen molar-refractivity contribution in [1.29, 1.82) is 0 Å². The van der Waals surface area contributed by atoms with Gasteiger partial charge in [0.15, 0.2) is 0 Å². The third kappa shape index (κ3) is 1.96. The second-order valence-corrected chi connectivity index (χ2v) is 5.04. The molecule has 0 fully saturated rings. The summed E-state index contributed by atoms with van der Waals surface area (Å²) in [5.41, 5.74) is 4.20. The quantitative estimate of drug-likeness (QED) is 0.497. The van der Waals surface area contributed by atoms with Crippen LogP contribution in [0.15, 0.2) is 71.1 Å². The van der Waals surface area contributed by atoms with Crippen LogP contribution in [0.2, 0.25) is 0 Å². The average Bonchev–Trinajstić information content (AvgIpc) is 2.93. The lowest BCUT2D eigenvalue weighted by Gasteiger charge is -2.04. The molecule has 3 aromatic carbocycles. The molecule has 4 rings (SSSR count). The fraction of sp³-hybridized carbons (Fsp3) is 0.0526. The van der Waals surface area contributed by atoms with Gasteiger partial charge in [0, 0.05) is 10.8 Å². The summed E-state index contributed by atoms with van der Waals surface area (Å²) in [4.78, 5) is 0. The molecule has 4 aromatic rings. The maximum atomic E-state index is 5.86. The molecule has 0 saturated heterocycles. The second kappa shape index (κ2) is 4.67. The SMILES string of the molecule is COc1ccc(-c2ccc3oc4ccccc4c3c2)cc1. The maximum absolute atomic E-state index is 5.86. The lowest BCUT2D eigenvalue weighted by Crippen LogP contribution is -1.82. The van der Waals surface area contributed by atoms with Gasteiger partial charge in [-0.25, -0.2) is 0 Å². The van der Waals surface area contributed by atoms with E-state index in [0.29, 0.717) is 0 Å². The Labute approximate surface area is 122 Å². The Hall–Kier alpha value is -2.74. The number of hydrogen-bond donors (Lipinski definition) is 0. The Morgan fingerprint density at radius 2 is 1.43 bits per heavy atom. The van der Waals surface area contributed by atoms with E-state index in [1.165, 1.54) is 11.1 Å². The van der Waals surface area contributed by atoms with Crippen LogP contribution in [-0.2, 0) is 0 Å². The van der Waals surface area contributed by atoms with Gasteiger partial charge in [-0.15, -0.1) is 0 Å². The molecule has 21 heavy (non-hydrogen) atoms. The molecular weight excluding hydrogens is 260 g/mol. The van der Waals surface area contributed by atoms with Crippen LogP contribution in [0, 0.1) is 0 Å². The molecule has 102 valence electrons. The zero-order chi connectivity index (χ0) is 14.2. The predicted molar refractivity (Wildman–Crippen MR) is 85.7 cm³/mol. The van der Waals surface area contributed by atoms with Crippen molar-refractivity contribution in [2.45, 2.75) is 0 Å². The van der Waals surface area contributed by atoms with Crippen LogP contribution in [0.3, 0.4) is 0 Å². The van der Waals surface area contributed by atoms with E-state index in [4.69, 9.17) is 9.15 Å². The third-order valence-electron chi connectivity index (χ3n) is 3.80. The molecule has 0 atom stereocenters. The van der Waals surface area contributed by atoms with Crippen molar-refractivity contribution < 1.29 is 9.15 Å². The van der Waals surface area contributed by atoms with E-state index in [2.05, 4.69) is 30.3 Å². The summed E-state index contributed by atoms with van der Waals surface area (Å²) < 4.78 is 11.1. The highest BCUT2D eigenvalue weighted by molar-refractivity contribution is 6.06. The van der Waals surface area contributed by atoms with Crippen molar-refractivity contribution in [3.05, 3.63) is 66.7 Å². The van der Waals surface area contributed by atoms with E-state index in [1.807, 2.05) is 36.4 Å². The number of para-hydroxylation sites is 1. The molecule has 1 aromatic heterocycles. The molecule has 0 aliphatic rings. The standard InChI is InChI=1S/C19H14O2/c1-20-15-9-6-13(7-10-15)14-8-11-19-17(12-14)16-4-2-3-5-18(16)21-19/h2-12H,1H3. The summed E-state index contributed by atoms with van der Waals surface area (Å²) in [5, 5.41) is 2.31. The molecular formula is C19H14O2. The zero-order valence-electron chi connectivity index (χ0n) is 11.7.